The molecule has 0 saturated carbocycles. The van der Waals surface area contributed by atoms with Gasteiger partial charge in [0.15, 0.2) is 11.4 Å². The van der Waals surface area contributed by atoms with E-state index in [1.54, 1.807) is 52.1 Å². The van der Waals surface area contributed by atoms with Crippen LogP contribution in [-0.4, -0.2) is 67.1 Å². The third kappa shape index (κ3) is 9.18. The second kappa shape index (κ2) is 15.4. The van der Waals surface area contributed by atoms with E-state index in [2.05, 4.69) is 9.80 Å². The molecule has 2 heterocycles. The summed E-state index contributed by atoms with van der Waals surface area (Å²) >= 11 is 1.41. The van der Waals surface area contributed by atoms with Crippen molar-refractivity contribution in [2.45, 2.75) is 51.9 Å². The van der Waals surface area contributed by atoms with E-state index in [1.807, 2.05) is 24.3 Å². The van der Waals surface area contributed by atoms with Crippen LogP contribution in [-0.2, 0) is 28.7 Å². The minimum Gasteiger partial charge on any atom is -0.497 e. The van der Waals surface area contributed by atoms with Crippen LogP contribution in [0.3, 0.4) is 0 Å². The predicted octanol–water partition coefficient (Wildman–Crippen LogP) is 7.70. The number of nitrogens with zero attached hydrogens (tertiary/aromatic N) is 3. The van der Waals surface area contributed by atoms with Crippen LogP contribution >= 0.6 is 11.3 Å². The summed E-state index contributed by atoms with van der Waals surface area (Å²) < 4.78 is 55.8. The van der Waals surface area contributed by atoms with Gasteiger partial charge in [-0.15, -0.1) is 11.3 Å². The van der Waals surface area contributed by atoms with Crippen LogP contribution < -0.4 is 14.4 Å². The normalized spacial score (nSPS) is 14.1. The number of aromatic nitrogens is 1. The van der Waals surface area contributed by atoms with Gasteiger partial charge in [0.2, 0.25) is 0 Å². The van der Waals surface area contributed by atoms with Crippen LogP contribution in [0.15, 0.2) is 72.8 Å². The van der Waals surface area contributed by atoms with Crippen LogP contribution in [0.1, 0.15) is 53.7 Å². The molecule has 0 N–H and O–H groups in total. The van der Waals surface area contributed by atoms with Gasteiger partial charge in [0.1, 0.15) is 16.5 Å². The fraction of sp³-hybridized carbons (Fsp3) is 0.378. The number of aryl methyl sites for hydroxylation is 1. The third-order valence-corrected chi connectivity index (χ3v) is 9.52. The van der Waals surface area contributed by atoms with E-state index in [4.69, 9.17) is 19.2 Å². The quantitative estimate of drug-likeness (QED) is 0.104. The van der Waals surface area contributed by atoms with Gasteiger partial charge in [0.25, 0.3) is 0 Å². The van der Waals surface area contributed by atoms with Crippen LogP contribution in [0.2, 0.25) is 0 Å². The largest absolute Gasteiger partial charge is 0.497 e. The summed E-state index contributed by atoms with van der Waals surface area (Å²) in [6.45, 7) is 9.04. The molecule has 0 unspecified atom stereocenters. The van der Waals surface area contributed by atoms with Gasteiger partial charge in [-0.25, -0.2) is 9.78 Å². The molecule has 1 aliphatic rings. The lowest BCUT2D eigenvalue weighted by Crippen LogP contribution is -2.46. The molecule has 0 atom stereocenters. The van der Waals surface area contributed by atoms with E-state index in [0.717, 1.165) is 60.3 Å². The lowest BCUT2D eigenvalue weighted by Gasteiger charge is -2.36. The zero-order chi connectivity index (χ0) is 35.2. The molecule has 0 spiro atoms. The average molecular weight is 696 g/mol. The average Bonchev–Trinajstić information content (AvgIpc) is 3.49. The van der Waals surface area contributed by atoms with Crippen molar-refractivity contribution < 1.29 is 37.0 Å². The number of hydrogen-bond donors (Lipinski definition) is 0. The molecular weight excluding hydrogens is 655 g/mol. The number of hydrogen-bond acceptors (Lipinski definition) is 9. The first-order valence-electron chi connectivity index (χ1n) is 16.1. The number of esters is 1. The molecule has 260 valence electrons. The first-order valence-corrected chi connectivity index (χ1v) is 16.9. The minimum absolute atomic E-state index is 0.0697. The van der Waals surface area contributed by atoms with Crippen molar-refractivity contribution in [1.82, 2.24) is 9.88 Å². The first-order chi connectivity index (χ1) is 23.4. The van der Waals surface area contributed by atoms with Gasteiger partial charge in [0.05, 0.1) is 25.0 Å². The van der Waals surface area contributed by atoms with E-state index in [9.17, 15) is 22.8 Å². The maximum absolute atomic E-state index is 13.3. The van der Waals surface area contributed by atoms with Gasteiger partial charge in [-0.2, -0.15) is 13.2 Å². The summed E-state index contributed by atoms with van der Waals surface area (Å²) in [5.41, 5.74) is 1.16. The number of carbonyl (C=O) groups is 2. The molecule has 4 aromatic rings. The number of benzene rings is 3. The Morgan fingerprint density at radius 3 is 2.10 bits per heavy atom. The standard InChI is InChI=1S/C37H40F3N3O5S/c1-5-47-35(45)36(2,3)48-30-14-8-25(9-15-30)32(44)18-19-33-31(41-34(49-33)26-6-10-27(11-7-26)37(38,39)40)24-42-20-22-43(23-21-42)28-12-16-29(46-4)17-13-28/h6-17H,5,18-24H2,1-4H3. The highest BCUT2D eigenvalue weighted by atomic mass is 32.1. The fourth-order valence-corrected chi connectivity index (χ4v) is 6.59. The number of alkyl halides is 3. The Balaban J connectivity index is 1.28. The van der Waals surface area contributed by atoms with E-state index < -0.39 is 23.3 Å². The molecule has 1 aliphatic heterocycles. The number of thiazole rings is 1. The molecule has 0 radical (unpaired) electrons. The number of rotatable bonds is 13. The lowest BCUT2D eigenvalue weighted by molar-refractivity contribution is -0.158. The fourth-order valence-electron chi connectivity index (χ4n) is 5.52. The van der Waals surface area contributed by atoms with Crippen molar-refractivity contribution >= 4 is 28.8 Å². The number of methoxy groups -OCH3 is 1. The topological polar surface area (TPSA) is 81.2 Å². The summed E-state index contributed by atoms with van der Waals surface area (Å²) in [6, 6.07) is 19.7. The van der Waals surface area contributed by atoms with Crippen LogP contribution in [0, 0.1) is 0 Å². The number of ketones is 1. The summed E-state index contributed by atoms with van der Waals surface area (Å²) in [5, 5.41) is 0.619. The van der Waals surface area contributed by atoms with Gasteiger partial charge in [-0.1, -0.05) is 12.1 Å². The molecule has 0 amide bonds. The lowest BCUT2D eigenvalue weighted by atomic mass is 10.0. The molecule has 49 heavy (non-hydrogen) atoms. The Morgan fingerprint density at radius 2 is 1.51 bits per heavy atom. The van der Waals surface area contributed by atoms with Gasteiger partial charge >= 0.3 is 12.1 Å². The van der Waals surface area contributed by atoms with Gasteiger partial charge in [-0.3, -0.25) is 9.69 Å². The monoisotopic (exact) mass is 695 g/mol. The zero-order valence-electron chi connectivity index (χ0n) is 28.0. The zero-order valence-corrected chi connectivity index (χ0v) is 28.8. The van der Waals surface area contributed by atoms with Crippen molar-refractivity contribution in [3.63, 3.8) is 0 Å². The predicted molar refractivity (Wildman–Crippen MR) is 183 cm³/mol. The second-order valence-electron chi connectivity index (χ2n) is 12.2. The van der Waals surface area contributed by atoms with E-state index in [0.29, 0.717) is 34.8 Å². The first kappa shape index (κ1) is 35.9. The van der Waals surface area contributed by atoms with Gasteiger partial charge in [-0.05, 0) is 87.9 Å². The van der Waals surface area contributed by atoms with E-state index in [1.165, 1.54) is 23.5 Å². The number of halogens is 3. The molecule has 5 rings (SSSR count). The Labute approximate surface area is 288 Å². The maximum Gasteiger partial charge on any atom is 0.416 e. The number of Topliss-reactive ketones (excluding diaryl/α,β-unsaturated/α-hetero) is 1. The van der Waals surface area contributed by atoms with Crippen LogP contribution in [0.4, 0.5) is 18.9 Å². The highest BCUT2D eigenvalue weighted by Crippen LogP contribution is 2.34. The Bertz CT molecular complexity index is 1710. The summed E-state index contributed by atoms with van der Waals surface area (Å²) in [7, 11) is 1.64. The highest BCUT2D eigenvalue weighted by molar-refractivity contribution is 7.15. The number of anilines is 1. The third-order valence-electron chi connectivity index (χ3n) is 8.32. The van der Waals surface area contributed by atoms with Gasteiger partial charge < -0.3 is 19.1 Å². The Hall–Kier alpha value is -4.42. The van der Waals surface area contributed by atoms with E-state index >= 15 is 0 Å². The Morgan fingerprint density at radius 1 is 0.878 bits per heavy atom. The van der Waals surface area contributed by atoms with Gasteiger partial charge in [0, 0.05) is 60.8 Å². The van der Waals surface area contributed by atoms with Crippen molar-refractivity contribution in [2.75, 3.05) is 44.8 Å². The smallest absolute Gasteiger partial charge is 0.416 e. The van der Waals surface area contributed by atoms with Crippen molar-refractivity contribution in [3.8, 4) is 22.1 Å². The second-order valence-corrected chi connectivity index (χ2v) is 13.3. The highest BCUT2D eigenvalue weighted by Gasteiger charge is 2.32. The number of ether oxygens (including phenoxy) is 3. The molecule has 1 fully saturated rings. The molecule has 12 heteroatoms. The van der Waals surface area contributed by atoms with Crippen molar-refractivity contribution in [2.24, 2.45) is 0 Å². The molecular formula is C37H40F3N3O5S. The number of piperazine rings is 1. The van der Waals surface area contributed by atoms with E-state index in [-0.39, 0.29) is 18.8 Å². The summed E-state index contributed by atoms with van der Waals surface area (Å²) in [4.78, 5) is 35.9. The molecule has 0 bridgehead atoms. The van der Waals surface area contributed by atoms with Crippen molar-refractivity contribution in [3.05, 3.63) is 94.5 Å². The number of carbonyl (C=O) groups excluding carboxylic acids is 2. The summed E-state index contributed by atoms with van der Waals surface area (Å²) in [6.07, 6.45) is -3.76. The van der Waals surface area contributed by atoms with Crippen molar-refractivity contribution in [1.29, 1.82) is 0 Å². The molecule has 8 nitrogen and oxygen atoms in total. The molecule has 1 aromatic heterocycles. The summed E-state index contributed by atoms with van der Waals surface area (Å²) in [5.74, 6) is 0.694. The minimum atomic E-state index is -4.42. The maximum atomic E-state index is 13.3. The molecule has 3 aromatic carbocycles. The Kier molecular flexibility index (Phi) is 11.3. The molecule has 0 aliphatic carbocycles. The van der Waals surface area contributed by atoms with Crippen LogP contribution in [0.25, 0.3) is 10.6 Å². The van der Waals surface area contributed by atoms with Crippen LogP contribution in [0.5, 0.6) is 11.5 Å². The SMILES string of the molecule is CCOC(=O)C(C)(C)Oc1ccc(C(=O)CCc2sc(-c3ccc(C(F)(F)F)cc3)nc2CN2CCN(c3ccc(OC)cc3)CC2)cc1. The molecule has 1 saturated heterocycles.